The van der Waals surface area contributed by atoms with Crippen molar-refractivity contribution in [3.8, 4) is 0 Å². The lowest BCUT2D eigenvalue weighted by Gasteiger charge is -2.11. The SMILES string of the molecule is CN(C)c1ccc(NC(=O)C2CC2c2cccc(Br)c2)cn1. The van der Waals surface area contributed by atoms with Gasteiger partial charge in [0.25, 0.3) is 0 Å². The summed E-state index contributed by atoms with van der Waals surface area (Å²) in [6, 6.07) is 12.0. The lowest BCUT2D eigenvalue weighted by molar-refractivity contribution is -0.117. The van der Waals surface area contributed by atoms with Crippen molar-refractivity contribution in [1.29, 1.82) is 0 Å². The molecular weight excluding hydrogens is 342 g/mol. The van der Waals surface area contributed by atoms with Crippen LogP contribution >= 0.6 is 15.9 Å². The Morgan fingerprint density at radius 1 is 1.32 bits per heavy atom. The normalized spacial score (nSPS) is 19.6. The molecule has 1 aromatic carbocycles. The van der Waals surface area contributed by atoms with Gasteiger partial charge < -0.3 is 10.2 Å². The van der Waals surface area contributed by atoms with E-state index < -0.39 is 0 Å². The van der Waals surface area contributed by atoms with Gasteiger partial charge in [0.15, 0.2) is 0 Å². The van der Waals surface area contributed by atoms with Gasteiger partial charge in [-0.25, -0.2) is 4.98 Å². The fraction of sp³-hybridized carbons (Fsp3) is 0.294. The molecule has 0 saturated heterocycles. The number of amides is 1. The van der Waals surface area contributed by atoms with E-state index in [0.29, 0.717) is 5.92 Å². The molecule has 1 fully saturated rings. The Hall–Kier alpha value is -1.88. The fourth-order valence-corrected chi connectivity index (χ4v) is 2.97. The molecule has 0 radical (unpaired) electrons. The van der Waals surface area contributed by atoms with Gasteiger partial charge in [-0.3, -0.25) is 4.79 Å². The predicted octanol–water partition coefficient (Wildman–Crippen LogP) is 3.65. The summed E-state index contributed by atoms with van der Waals surface area (Å²) in [4.78, 5) is 18.5. The highest BCUT2D eigenvalue weighted by molar-refractivity contribution is 9.10. The number of nitrogens with one attached hydrogen (secondary N) is 1. The van der Waals surface area contributed by atoms with Crippen molar-refractivity contribution in [3.05, 3.63) is 52.6 Å². The zero-order chi connectivity index (χ0) is 15.7. The third-order valence-electron chi connectivity index (χ3n) is 3.88. The number of benzene rings is 1. The first-order valence-corrected chi connectivity index (χ1v) is 8.03. The summed E-state index contributed by atoms with van der Waals surface area (Å²) in [5, 5.41) is 2.95. The van der Waals surface area contributed by atoms with Crippen LogP contribution in [0.2, 0.25) is 0 Å². The molecule has 0 aliphatic heterocycles. The Labute approximate surface area is 138 Å². The van der Waals surface area contributed by atoms with Gasteiger partial charge >= 0.3 is 0 Å². The molecule has 1 amide bonds. The van der Waals surface area contributed by atoms with Gasteiger partial charge in [0, 0.05) is 24.5 Å². The summed E-state index contributed by atoms with van der Waals surface area (Å²) in [7, 11) is 3.88. The van der Waals surface area contributed by atoms with Crippen molar-refractivity contribution in [2.24, 2.45) is 5.92 Å². The van der Waals surface area contributed by atoms with Crippen LogP contribution in [0.15, 0.2) is 47.1 Å². The van der Waals surface area contributed by atoms with Gasteiger partial charge in [-0.05, 0) is 42.2 Å². The minimum absolute atomic E-state index is 0.0582. The summed E-state index contributed by atoms with van der Waals surface area (Å²) < 4.78 is 1.06. The number of nitrogens with zero attached hydrogens (tertiary/aromatic N) is 2. The minimum Gasteiger partial charge on any atom is -0.363 e. The lowest BCUT2D eigenvalue weighted by Crippen LogP contribution is -2.15. The quantitative estimate of drug-likeness (QED) is 0.905. The first kappa shape index (κ1) is 15.0. The van der Waals surface area contributed by atoms with Gasteiger partial charge in [-0.1, -0.05) is 28.1 Å². The number of carbonyl (C=O) groups excluding carboxylic acids is 1. The predicted molar refractivity (Wildman–Crippen MR) is 92.2 cm³/mol. The zero-order valence-electron chi connectivity index (χ0n) is 12.6. The van der Waals surface area contributed by atoms with Crippen LogP contribution in [-0.4, -0.2) is 25.0 Å². The number of hydrogen-bond acceptors (Lipinski definition) is 3. The molecule has 4 nitrogen and oxygen atoms in total. The van der Waals surface area contributed by atoms with E-state index in [-0.39, 0.29) is 11.8 Å². The molecule has 5 heteroatoms. The van der Waals surface area contributed by atoms with Crippen LogP contribution < -0.4 is 10.2 Å². The van der Waals surface area contributed by atoms with Gasteiger partial charge in [0.2, 0.25) is 5.91 Å². The number of hydrogen-bond donors (Lipinski definition) is 1. The van der Waals surface area contributed by atoms with E-state index in [0.717, 1.165) is 22.4 Å². The molecule has 2 aromatic rings. The molecule has 2 unspecified atom stereocenters. The molecule has 1 heterocycles. The molecule has 1 aliphatic carbocycles. The van der Waals surface area contributed by atoms with E-state index in [1.807, 2.05) is 43.3 Å². The maximum absolute atomic E-state index is 12.3. The van der Waals surface area contributed by atoms with E-state index in [1.54, 1.807) is 6.20 Å². The topological polar surface area (TPSA) is 45.2 Å². The molecule has 1 aliphatic rings. The number of aromatic nitrogens is 1. The fourth-order valence-electron chi connectivity index (χ4n) is 2.55. The largest absolute Gasteiger partial charge is 0.363 e. The van der Waals surface area contributed by atoms with Gasteiger partial charge in [0.05, 0.1) is 11.9 Å². The average molecular weight is 360 g/mol. The zero-order valence-corrected chi connectivity index (χ0v) is 14.2. The molecule has 0 bridgehead atoms. The van der Waals surface area contributed by atoms with Crippen molar-refractivity contribution in [3.63, 3.8) is 0 Å². The molecule has 22 heavy (non-hydrogen) atoms. The Morgan fingerprint density at radius 3 is 2.77 bits per heavy atom. The van der Waals surface area contributed by atoms with E-state index in [1.165, 1.54) is 5.56 Å². The Kier molecular flexibility index (Phi) is 4.16. The van der Waals surface area contributed by atoms with Crippen molar-refractivity contribution < 1.29 is 4.79 Å². The second-order valence-corrected chi connectivity index (χ2v) is 6.71. The summed E-state index contributed by atoms with van der Waals surface area (Å²) in [5.74, 6) is 1.33. The first-order chi connectivity index (χ1) is 10.5. The molecule has 2 atom stereocenters. The third kappa shape index (κ3) is 3.30. The molecule has 1 saturated carbocycles. The monoisotopic (exact) mass is 359 g/mol. The first-order valence-electron chi connectivity index (χ1n) is 7.24. The standard InChI is InChI=1S/C17H18BrN3O/c1-21(2)16-7-6-13(10-19-16)20-17(22)15-9-14(15)11-4-3-5-12(18)8-11/h3-8,10,14-15H,9H2,1-2H3,(H,20,22). The van der Waals surface area contributed by atoms with Crippen LogP contribution in [0, 0.1) is 5.92 Å². The van der Waals surface area contributed by atoms with E-state index in [2.05, 4.69) is 38.4 Å². The number of pyridine rings is 1. The van der Waals surface area contributed by atoms with Crippen LogP contribution in [-0.2, 0) is 4.79 Å². The van der Waals surface area contributed by atoms with Crippen LogP contribution in [0.5, 0.6) is 0 Å². The number of carbonyl (C=O) groups is 1. The van der Waals surface area contributed by atoms with Gasteiger partial charge in [0.1, 0.15) is 5.82 Å². The maximum atomic E-state index is 12.3. The molecule has 114 valence electrons. The highest BCUT2D eigenvalue weighted by Crippen LogP contribution is 2.48. The Bertz CT molecular complexity index is 685. The highest BCUT2D eigenvalue weighted by Gasteiger charge is 2.43. The molecular formula is C17H18BrN3O. The van der Waals surface area contributed by atoms with Crippen LogP contribution in [0.4, 0.5) is 11.5 Å². The Morgan fingerprint density at radius 2 is 2.14 bits per heavy atom. The number of halogens is 1. The van der Waals surface area contributed by atoms with Crippen LogP contribution in [0.3, 0.4) is 0 Å². The molecule has 1 aromatic heterocycles. The second-order valence-electron chi connectivity index (χ2n) is 5.79. The second kappa shape index (κ2) is 6.08. The summed E-state index contributed by atoms with van der Waals surface area (Å²) in [6.07, 6.45) is 2.61. The van der Waals surface area contributed by atoms with Gasteiger partial charge in [-0.15, -0.1) is 0 Å². The van der Waals surface area contributed by atoms with Crippen molar-refractivity contribution in [1.82, 2.24) is 4.98 Å². The number of anilines is 2. The summed E-state index contributed by atoms with van der Waals surface area (Å²) in [5.41, 5.74) is 1.96. The minimum atomic E-state index is 0.0582. The smallest absolute Gasteiger partial charge is 0.228 e. The van der Waals surface area contributed by atoms with E-state index in [9.17, 15) is 4.79 Å². The van der Waals surface area contributed by atoms with Crippen LogP contribution in [0.1, 0.15) is 17.9 Å². The molecule has 3 rings (SSSR count). The highest BCUT2D eigenvalue weighted by atomic mass is 79.9. The summed E-state index contributed by atoms with van der Waals surface area (Å²) in [6.45, 7) is 0. The van der Waals surface area contributed by atoms with Crippen molar-refractivity contribution >= 4 is 33.3 Å². The van der Waals surface area contributed by atoms with E-state index >= 15 is 0 Å². The number of rotatable bonds is 4. The van der Waals surface area contributed by atoms with Gasteiger partial charge in [-0.2, -0.15) is 0 Å². The van der Waals surface area contributed by atoms with Crippen molar-refractivity contribution in [2.75, 3.05) is 24.3 Å². The van der Waals surface area contributed by atoms with E-state index in [4.69, 9.17) is 0 Å². The summed E-state index contributed by atoms with van der Waals surface area (Å²) >= 11 is 3.47. The van der Waals surface area contributed by atoms with Crippen molar-refractivity contribution in [2.45, 2.75) is 12.3 Å². The van der Waals surface area contributed by atoms with Crippen LogP contribution in [0.25, 0.3) is 0 Å². The third-order valence-corrected chi connectivity index (χ3v) is 4.37. The lowest BCUT2D eigenvalue weighted by atomic mass is 10.1. The average Bonchev–Trinajstić information content (AvgIpc) is 3.28. The Balaban J connectivity index is 1.62. The maximum Gasteiger partial charge on any atom is 0.228 e. The molecule has 0 spiro atoms. The molecule has 1 N–H and O–H groups in total.